The zero-order chi connectivity index (χ0) is 6.53. The summed E-state index contributed by atoms with van der Waals surface area (Å²) in [4.78, 5) is 7.88. The quantitative estimate of drug-likeness (QED) is 0.496. The van der Waals surface area contributed by atoms with Gasteiger partial charge in [-0.15, -0.1) is 0 Å². The third-order valence-electron chi connectivity index (χ3n) is 0.947. The topological polar surface area (TPSA) is 24.7 Å². The molecule has 0 atom stereocenters. The average Bonchev–Trinajstić information content (AvgIpc) is 1.91. The Morgan fingerprint density at radius 3 is 3.22 bits per heavy atom. The highest BCUT2D eigenvalue weighted by atomic mass is 14.7. The Hall–Kier alpha value is -1.14. The van der Waals surface area contributed by atoms with E-state index in [0.29, 0.717) is 0 Å². The number of hydrogen-bond donors (Lipinski definition) is 0. The first-order chi connectivity index (χ1) is 4.43. The Bertz CT molecular complexity index is 205. The molecule has 0 aromatic carbocycles. The minimum atomic E-state index is 0.817. The van der Waals surface area contributed by atoms with E-state index in [-0.39, 0.29) is 0 Å². The molecule has 1 rings (SSSR count). The van der Waals surface area contributed by atoms with E-state index >= 15 is 0 Å². The van der Waals surface area contributed by atoms with Crippen LogP contribution >= 0.6 is 0 Å². The van der Waals surface area contributed by atoms with Gasteiger partial charge in [-0.05, 0) is 18.9 Å². The van der Waals surface area contributed by atoms with Crippen molar-refractivity contribution in [2.75, 3.05) is 6.54 Å². The smallest absolute Gasteiger partial charge is 0.0682 e. The predicted molar refractivity (Wildman–Crippen MR) is 39.1 cm³/mol. The van der Waals surface area contributed by atoms with E-state index in [0.717, 1.165) is 12.3 Å². The van der Waals surface area contributed by atoms with Crippen molar-refractivity contribution in [3.05, 3.63) is 18.4 Å². The fraction of sp³-hybridized carbons (Fsp3) is 0.286. The van der Waals surface area contributed by atoms with Gasteiger partial charge in [0.1, 0.15) is 0 Å². The summed E-state index contributed by atoms with van der Waals surface area (Å²) in [6.07, 6.45) is 5.32. The van der Waals surface area contributed by atoms with E-state index in [2.05, 4.69) is 15.9 Å². The van der Waals surface area contributed by atoms with Crippen LogP contribution in [-0.2, 0) is 0 Å². The summed E-state index contributed by atoms with van der Waals surface area (Å²) in [6.45, 7) is 2.82. The average molecular weight is 120 g/mol. The molecule has 1 aliphatic heterocycles. The van der Waals surface area contributed by atoms with Crippen molar-refractivity contribution in [2.45, 2.75) is 6.92 Å². The van der Waals surface area contributed by atoms with Gasteiger partial charge in [0.25, 0.3) is 0 Å². The minimum absolute atomic E-state index is 0.817. The number of aliphatic imine (C=N–C) groups is 2. The highest BCUT2D eigenvalue weighted by Gasteiger charge is 1.86. The molecule has 1 aliphatic rings. The molecule has 0 radical (unpaired) electrons. The summed E-state index contributed by atoms with van der Waals surface area (Å²) in [6, 6.07) is 0. The molecule has 1 heterocycles. The van der Waals surface area contributed by atoms with Crippen LogP contribution in [0.5, 0.6) is 0 Å². The molecule has 0 aliphatic carbocycles. The maximum absolute atomic E-state index is 4.14. The monoisotopic (exact) mass is 120 g/mol. The lowest BCUT2D eigenvalue weighted by Crippen LogP contribution is -1.90. The normalized spacial score (nSPS) is 19.4. The van der Waals surface area contributed by atoms with E-state index in [1.165, 1.54) is 0 Å². The third-order valence-corrected chi connectivity index (χ3v) is 0.947. The Labute approximate surface area is 54.3 Å². The van der Waals surface area contributed by atoms with Crippen molar-refractivity contribution >= 4 is 11.6 Å². The zero-order valence-electron chi connectivity index (χ0n) is 5.33. The number of hydrogen-bond acceptors (Lipinski definition) is 2. The van der Waals surface area contributed by atoms with Gasteiger partial charge >= 0.3 is 0 Å². The molecule has 0 spiro atoms. The lowest BCUT2D eigenvalue weighted by molar-refractivity contribution is 1.13. The molecule has 9 heavy (non-hydrogen) atoms. The van der Waals surface area contributed by atoms with E-state index < -0.39 is 0 Å². The summed E-state index contributed by atoms with van der Waals surface area (Å²) in [5.41, 5.74) is 0.951. The van der Waals surface area contributed by atoms with Gasteiger partial charge in [0.2, 0.25) is 0 Å². The zero-order valence-corrected chi connectivity index (χ0v) is 5.33. The molecule has 0 bridgehead atoms. The Balaban J connectivity index is 2.76. The van der Waals surface area contributed by atoms with E-state index in [1.54, 1.807) is 12.3 Å². The first kappa shape index (κ1) is 5.99. The molecule has 0 fully saturated rings. The first-order valence-electron chi connectivity index (χ1n) is 2.93. The summed E-state index contributed by atoms with van der Waals surface area (Å²) in [7, 11) is 0. The van der Waals surface area contributed by atoms with Crippen LogP contribution in [0.2, 0.25) is 0 Å². The lowest BCUT2D eigenvalue weighted by atomic mass is 10.3. The van der Waals surface area contributed by atoms with Crippen molar-refractivity contribution < 1.29 is 0 Å². The van der Waals surface area contributed by atoms with Crippen molar-refractivity contribution in [3.63, 3.8) is 0 Å². The molecule has 0 aromatic heterocycles. The maximum Gasteiger partial charge on any atom is 0.0682 e. The van der Waals surface area contributed by atoms with Crippen molar-refractivity contribution in [3.8, 4) is 0 Å². The molecule has 2 heteroatoms. The van der Waals surface area contributed by atoms with Crippen LogP contribution in [0.1, 0.15) is 6.92 Å². The van der Waals surface area contributed by atoms with Crippen LogP contribution in [0.3, 0.4) is 0 Å². The van der Waals surface area contributed by atoms with Gasteiger partial charge in [-0.25, -0.2) is 4.99 Å². The lowest BCUT2D eigenvalue weighted by Gasteiger charge is -1.90. The summed E-state index contributed by atoms with van der Waals surface area (Å²) in [5.74, 6) is 2.70. The van der Waals surface area contributed by atoms with Crippen LogP contribution in [0.25, 0.3) is 0 Å². The number of allylic oxidation sites excluding steroid dienone is 2. The molecule has 0 saturated heterocycles. The van der Waals surface area contributed by atoms with Gasteiger partial charge in [0, 0.05) is 18.8 Å². The fourth-order valence-corrected chi connectivity index (χ4v) is 0.589. The van der Waals surface area contributed by atoms with Gasteiger partial charge in [-0.2, -0.15) is 0 Å². The van der Waals surface area contributed by atoms with Crippen molar-refractivity contribution in [2.24, 2.45) is 9.98 Å². The molecule has 0 aromatic rings. The second-order valence-corrected chi connectivity index (χ2v) is 1.62. The Morgan fingerprint density at radius 2 is 2.67 bits per heavy atom. The SMILES string of the molecule is CCN=C1C=C=NC=C1. The first-order valence-corrected chi connectivity index (χ1v) is 2.93. The number of rotatable bonds is 1. The predicted octanol–water partition coefficient (Wildman–Crippen LogP) is 1.20. The van der Waals surface area contributed by atoms with Crippen LogP contribution in [0.15, 0.2) is 28.3 Å². The largest absolute Gasteiger partial charge is 0.285 e. The standard InChI is InChI=1S/C7H8N2/c1-2-9-7-3-5-8-6-4-7/h3-5H,2H2,1H3. The van der Waals surface area contributed by atoms with E-state index in [9.17, 15) is 0 Å². The van der Waals surface area contributed by atoms with Gasteiger partial charge < -0.3 is 0 Å². The third kappa shape index (κ3) is 1.67. The molecular weight excluding hydrogens is 112 g/mol. The molecule has 46 valence electrons. The maximum atomic E-state index is 4.14. The number of nitrogens with zero attached hydrogens (tertiary/aromatic N) is 2. The van der Waals surface area contributed by atoms with Crippen LogP contribution in [-0.4, -0.2) is 18.1 Å². The molecule has 2 nitrogen and oxygen atoms in total. The summed E-state index contributed by atoms with van der Waals surface area (Å²) >= 11 is 0. The molecule has 0 N–H and O–H groups in total. The van der Waals surface area contributed by atoms with E-state index in [4.69, 9.17) is 0 Å². The fourth-order valence-electron chi connectivity index (χ4n) is 0.589. The van der Waals surface area contributed by atoms with Gasteiger partial charge in [-0.1, -0.05) is 0 Å². The second-order valence-electron chi connectivity index (χ2n) is 1.62. The second kappa shape index (κ2) is 3.00. The Kier molecular flexibility index (Phi) is 2.00. The van der Waals surface area contributed by atoms with Crippen LogP contribution in [0, 0.1) is 0 Å². The van der Waals surface area contributed by atoms with E-state index in [1.807, 2.05) is 13.0 Å². The highest BCUT2D eigenvalue weighted by molar-refractivity contribution is 6.09. The molecule has 0 amide bonds. The molecule has 0 unspecified atom stereocenters. The van der Waals surface area contributed by atoms with Gasteiger partial charge in [0.05, 0.1) is 5.71 Å². The van der Waals surface area contributed by atoms with Crippen LogP contribution in [0.4, 0.5) is 0 Å². The van der Waals surface area contributed by atoms with Gasteiger partial charge in [0.15, 0.2) is 0 Å². The summed E-state index contributed by atoms with van der Waals surface area (Å²) < 4.78 is 0. The Morgan fingerprint density at radius 1 is 1.78 bits per heavy atom. The van der Waals surface area contributed by atoms with Gasteiger partial charge in [-0.3, -0.25) is 4.99 Å². The highest BCUT2D eigenvalue weighted by Crippen LogP contribution is 1.87. The molecule has 0 saturated carbocycles. The van der Waals surface area contributed by atoms with Crippen molar-refractivity contribution in [1.82, 2.24) is 0 Å². The van der Waals surface area contributed by atoms with Crippen LogP contribution < -0.4 is 0 Å². The summed E-state index contributed by atoms with van der Waals surface area (Å²) in [5, 5.41) is 0. The van der Waals surface area contributed by atoms with Crippen molar-refractivity contribution in [1.29, 1.82) is 0 Å². The minimum Gasteiger partial charge on any atom is -0.285 e. The molecular formula is C7H8N2.